The SMILES string of the molecule is CC1(C)S[C@@H]2N[C@H]1C(=O)N[C@@H]2CO. The molecule has 0 unspecified atom stereocenters. The topological polar surface area (TPSA) is 61.4 Å². The van der Waals surface area contributed by atoms with E-state index in [1.54, 1.807) is 11.8 Å². The van der Waals surface area contributed by atoms with Crippen LogP contribution in [0.3, 0.4) is 0 Å². The van der Waals surface area contributed by atoms with Crippen molar-refractivity contribution in [3.63, 3.8) is 0 Å². The molecule has 2 fully saturated rings. The number of thioether (sulfide) groups is 1. The molecule has 0 aromatic carbocycles. The molecule has 2 rings (SSSR count). The summed E-state index contributed by atoms with van der Waals surface area (Å²) in [4.78, 5) is 11.5. The average Bonchev–Trinajstić information content (AvgIpc) is 2.32. The van der Waals surface area contributed by atoms with Crippen LogP contribution >= 0.6 is 11.8 Å². The van der Waals surface area contributed by atoms with E-state index in [0.717, 1.165) is 0 Å². The Morgan fingerprint density at radius 1 is 1.62 bits per heavy atom. The largest absolute Gasteiger partial charge is 0.394 e. The second-order valence-corrected chi connectivity index (χ2v) is 5.84. The van der Waals surface area contributed by atoms with E-state index < -0.39 is 0 Å². The first kappa shape index (κ1) is 9.30. The van der Waals surface area contributed by atoms with Crippen molar-refractivity contribution in [2.75, 3.05) is 6.61 Å². The van der Waals surface area contributed by atoms with E-state index >= 15 is 0 Å². The number of carbonyl (C=O) groups is 1. The number of hydrogen-bond donors (Lipinski definition) is 3. The van der Waals surface area contributed by atoms with Crippen LogP contribution in [0.2, 0.25) is 0 Å². The lowest BCUT2D eigenvalue weighted by Crippen LogP contribution is -2.62. The second kappa shape index (κ2) is 2.87. The molecule has 0 aromatic heterocycles. The van der Waals surface area contributed by atoms with Crippen molar-refractivity contribution in [1.82, 2.24) is 10.6 Å². The zero-order valence-electron chi connectivity index (χ0n) is 7.70. The Balaban J connectivity index is 2.22. The molecular formula is C8H14N2O2S. The van der Waals surface area contributed by atoms with Gasteiger partial charge in [0.2, 0.25) is 5.91 Å². The van der Waals surface area contributed by atoms with Gasteiger partial charge in [-0.25, -0.2) is 0 Å². The lowest BCUT2D eigenvalue weighted by Gasteiger charge is -2.29. The van der Waals surface area contributed by atoms with Crippen LogP contribution in [0.15, 0.2) is 0 Å². The number of carbonyl (C=O) groups excluding carboxylic acids is 1. The molecule has 3 atom stereocenters. The maximum atomic E-state index is 11.5. The van der Waals surface area contributed by atoms with E-state index in [4.69, 9.17) is 5.11 Å². The highest BCUT2D eigenvalue weighted by Gasteiger charge is 2.51. The van der Waals surface area contributed by atoms with Gasteiger partial charge >= 0.3 is 0 Å². The summed E-state index contributed by atoms with van der Waals surface area (Å²) in [7, 11) is 0. The van der Waals surface area contributed by atoms with Crippen LogP contribution < -0.4 is 10.6 Å². The molecule has 13 heavy (non-hydrogen) atoms. The third-order valence-electron chi connectivity index (χ3n) is 2.61. The van der Waals surface area contributed by atoms with E-state index in [0.29, 0.717) is 0 Å². The summed E-state index contributed by atoms with van der Waals surface area (Å²) >= 11 is 1.72. The Hall–Kier alpha value is -0.260. The molecule has 5 heteroatoms. The molecule has 2 aliphatic rings. The standard InChI is InChI=1S/C8H14N2O2S/c1-8(2)5-6(12)9-4(3-11)7(10-5)13-8/h4-5,7,10-11H,3H2,1-2H3,(H,9,12)/t4-,5+,7+/m1/s1. The first-order valence-electron chi connectivity index (χ1n) is 4.40. The van der Waals surface area contributed by atoms with Gasteiger partial charge in [0, 0.05) is 4.75 Å². The Morgan fingerprint density at radius 3 is 2.92 bits per heavy atom. The van der Waals surface area contributed by atoms with Crippen LogP contribution in [-0.2, 0) is 4.79 Å². The molecule has 74 valence electrons. The second-order valence-electron chi connectivity index (χ2n) is 4.04. The van der Waals surface area contributed by atoms with Crippen molar-refractivity contribution in [2.24, 2.45) is 0 Å². The Kier molecular flexibility index (Phi) is 2.05. The van der Waals surface area contributed by atoms with Gasteiger partial charge in [0.05, 0.1) is 18.0 Å². The Labute approximate surface area is 81.5 Å². The molecule has 0 saturated carbocycles. The molecule has 0 spiro atoms. The van der Waals surface area contributed by atoms with Gasteiger partial charge in [0.1, 0.15) is 6.04 Å². The van der Waals surface area contributed by atoms with Crippen LogP contribution in [0.1, 0.15) is 13.8 Å². The molecular weight excluding hydrogens is 188 g/mol. The van der Waals surface area contributed by atoms with E-state index in [1.807, 2.05) is 0 Å². The Morgan fingerprint density at radius 2 is 2.31 bits per heavy atom. The molecule has 0 radical (unpaired) electrons. The van der Waals surface area contributed by atoms with Gasteiger partial charge in [-0.15, -0.1) is 11.8 Å². The number of hydrogen-bond acceptors (Lipinski definition) is 4. The minimum atomic E-state index is -0.143. The molecule has 0 aromatic rings. The van der Waals surface area contributed by atoms with E-state index in [2.05, 4.69) is 24.5 Å². The van der Waals surface area contributed by atoms with E-state index in [-0.39, 0.29) is 34.7 Å². The fourth-order valence-corrected chi connectivity index (χ4v) is 3.36. The number of nitrogens with one attached hydrogen (secondary N) is 2. The van der Waals surface area contributed by atoms with Crippen LogP contribution in [0.25, 0.3) is 0 Å². The maximum Gasteiger partial charge on any atom is 0.238 e. The number of aliphatic hydroxyl groups excluding tert-OH is 1. The molecule has 2 heterocycles. The minimum absolute atomic E-state index is 0.000787. The Bertz CT molecular complexity index is 244. The van der Waals surface area contributed by atoms with Gasteiger partial charge in [0.25, 0.3) is 0 Å². The first-order chi connectivity index (χ1) is 6.04. The van der Waals surface area contributed by atoms with Gasteiger partial charge in [0.15, 0.2) is 0 Å². The van der Waals surface area contributed by atoms with Crippen molar-refractivity contribution in [1.29, 1.82) is 0 Å². The van der Waals surface area contributed by atoms with Crippen LogP contribution in [-0.4, -0.2) is 39.8 Å². The normalized spacial score (nSPS) is 41.8. The van der Waals surface area contributed by atoms with Gasteiger partial charge in [-0.2, -0.15) is 0 Å². The number of rotatable bonds is 1. The predicted octanol–water partition coefficient (Wildman–Crippen LogP) is -0.713. The van der Waals surface area contributed by atoms with Crippen molar-refractivity contribution >= 4 is 17.7 Å². The highest BCUT2D eigenvalue weighted by Crippen LogP contribution is 2.41. The molecule has 4 nitrogen and oxygen atoms in total. The third-order valence-corrected chi connectivity index (χ3v) is 4.17. The van der Waals surface area contributed by atoms with Crippen molar-refractivity contribution in [3.05, 3.63) is 0 Å². The van der Waals surface area contributed by atoms with Gasteiger partial charge in [-0.1, -0.05) is 0 Å². The fourth-order valence-electron chi connectivity index (χ4n) is 1.87. The maximum absolute atomic E-state index is 11.5. The molecule has 3 N–H and O–H groups in total. The molecule has 2 bridgehead atoms. The average molecular weight is 202 g/mol. The summed E-state index contributed by atoms with van der Waals surface area (Å²) in [5, 5.41) is 15.2. The highest BCUT2D eigenvalue weighted by atomic mass is 32.2. The van der Waals surface area contributed by atoms with E-state index in [1.165, 1.54) is 0 Å². The van der Waals surface area contributed by atoms with Crippen LogP contribution in [0, 0.1) is 0 Å². The molecule has 1 amide bonds. The minimum Gasteiger partial charge on any atom is -0.394 e. The van der Waals surface area contributed by atoms with Gasteiger partial charge in [-0.05, 0) is 13.8 Å². The third kappa shape index (κ3) is 1.35. The quantitative estimate of drug-likeness (QED) is 0.525. The zero-order chi connectivity index (χ0) is 9.64. The highest BCUT2D eigenvalue weighted by molar-refractivity contribution is 8.01. The molecule has 2 saturated heterocycles. The van der Waals surface area contributed by atoms with E-state index in [9.17, 15) is 4.79 Å². The summed E-state index contributed by atoms with van der Waals surface area (Å²) < 4.78 is -0.0708. The fraction of sp³-hybridized carbons (Fsp3) is 0.875. The zero-order valence-corrected chi connectivity index (χ0v) is 8.52. The summed E-state index contributed by atoms with van der Waals surface area (Å²) in [5.41, 5.74) is 0. The van der Waals surface area contributed by atoms with Crippen LogP contribution in [0.5, 0.6) is 0 Å². The monoisotopic (exact) mass is 202 g/mol. The van der Waals surface area contributed by atoms with Crippen molar-refractivity contribution in [3.8, 4) is 0 Å². The number of piperazine rings is 1. The summed E-state index contributed by atoms with van der Waals surface area (Å²) in [6, 6.07) is -0.263. The van der Waals surface area contributed by atoms with Gasteiger partial charge in [-0.3, -0.25) is 10.1 Å². The summed E-state index contributed by atoms with van der Waals surface area (Å²) in [5.74, 6) is 0.00491. The first-order valence-corrected chi connectivity index (χ1v) is 5.27. The molecule has 2 aliphatic heterocycles. The van der Waals surface area contributed by atoms with Gasteiger partial charge < -0.3 is 10.4 Å². The lowest BCUT2D eigenvalue weighted by molar-refractivity contribution is -0.126. The number of fused-ring (bicyclic) bond motifs is 2. The summed E-state index contributed by atoms with van der Waals surface area (Å²) in [6.45, 7) is 4.10. The van der Waals surface area contributed by atoms with Crippen molar-refractivity contribution in [2.45, 2.75) is 36.1 Å². The van der Waals surface area contributed by atoms with Crippen LogP contribution in [0.4, 0.5) is 0 Å². The number of amides is 1. The summed E-state index contributed by atoms with van der Waals surface area (Å²) in [6.07, 6.45) is 0. The predicted molar refractivity (Wildman–Crippen MR) is 51.4 cm³/mol. The molecule has 0 aliphatic carbocycles. The smallest absolute Gasteiger partial charge is 0.238 e. The lowest BCUT2D eigenvalue weighted by atomic mass is 10.00. The number of aliphatic hydroxyl groups is 1. The van der Waals surface area contributed by atoms with Crippen molar-refractivity contribution < 1.29 is 9.90 Å².